The first-order valence-corrected chi connectivity index (χ1v) is 10.8. The largest absolute Gasteiger partial charge is 0.394 e. The Bertz CT molecular complexity index is 1330. The average Bonchev–Trinajstić information content (AvgIpc) is 3.43. The van der Waals surface area contributed by atoms with Crippen LogP contribution in [0.3, 0.4) is 0 Å². The molecule has 0 bridgehead atoms. The third-order valence-electron chi connectivity index (χ3n) is 5.69. The number of aliphatic hydroxyl groups is 3. The van der Waals surface area contributed by atoms with Crippen LogP contribution in [-0.4, -0.2) is 59.8 Å². The van der Waals surface area contributed by atoms with Gasteiger partial charge in [0.05, 0.1) is 12.9 Å². The molecule has 1 fully saturated rings. The van der Waals surface area contributed by atoms with Crippen molar-refractivity contribution in [1.82, 2.24) is 19.5 Å². The normalized spacial score (nSPS) is 21.9. The van der Waals surface area contributed by atoms with E-state index in [1.54, 1.807) is 0 Å². The Morgan fingerprint density at radius 2 is 1.65 bits per heavy atom. The van der Waals surface area contributed by atoms with Gasteiger partial charge >= 0.3 is 0 Å². The van der Waals surface area contributed by atoms with Gasteiger partial charge in [-0.15, -0.1) is 0 Å². The van der Waals surface area contributed by atoms with Crippen LogP contribution in [0, 0.1) is 11.8 Å². The molecule has 4 N–H and O–H groups in total. The first kappa shape index (κ1) is 22.0. The molecule has 0 spiro atoms. The number of rotatable bonds is 5. The fraction of sp³-hybridized carbons (Fsp3) is 0.240. The number of hydrogen-bond donors (Lipinski definition) is 4. The Labute approximate surface area is 195 Å². The van der Waals surface area contributed by atoms with Crippen LogP contribution in [0.4, 0.5) is 5.82 Å². The minimum atomic E-state index is -1.22. The molecule has 2 aromatic carbocycles. The summed E-state index contributed by atoms with van der Waals surface area (Å²) in [7, 11) is 0. The summed E-state index contributed by atoms with van der Waals surface area (Å²) >= 11 is 0. The van der Waals surface area contributed by atoms with Crippen LogP contribution in [-0.2, 0) is 11.3 Å². The van der Waals surface area contributed by atoms with Crippen LogP contribution in [0.15, 0.2) is 67.3 Å². The number of nitrogens with zero attached hydrogens (tertiary/aromatic N) is 4. The van der Waals surface area contributed by atoms with Gasteiger partial charge in [-0.1, -0.05) is 42.2 Å². The number of aliphatic hydroxyl groups excluding tert-OH is 3. The van der Waals surface area contributed by atoms with Gasteiger partial charge in [-0.05, 0) is 29.8 Å². The second-order valence-corrected chi connectivity index (χ2v) is 7.94. The van der Waals surface area contributed by atoms with Gasteiger partial charge in [-0.2, -0.15) is 0 Å². The monoisotopic (exact) mass is 457 g/mol. The van der Waals surface area contributed by atoms with Crippen molar-refractivity contribution in [2.24, 2.45) is 0 Å². The molecular formula is C25H23N5O4. The molecule has 5 rings (SSSR count). The third-order valence-corrected chi connectivity index (χ3v) is 5.69. The molecule has 0 saturated carbocycles. The van der Waals surface area contributed by atoms with E-state index in [4.69, 9.17) is 4.74 Å². The fourth-order valence-corrected chi connectivity index (χ4v) is 3.83. The molecule has 0 amide bonds. The minimum absolute atomic E-state index is 0.403. The average molecular weight is 457 g/mol. The van der Waals surface area contributed by atoms with E-state index in [9.17, 15) is 15.3 Å². The molecule has 172 valence electrons. The van der Waals surface area contributed by atoms with Crippen molar-refractivity contribution in [1.29, 1.82) is 0 Å². The van der Waals surface area contributed by atoms with Crippen LogP contribution in [0.25, 0.3) is 11.2 Å². The summed E-state index contributed by atoms with van der Waals surface area (Å²) in [6.07, 6.45) is -1.34. The molecule has 34 heavy (non-hydrogen) atoms. The van der Waals surface area contributed by atoms with E-state index < -0.39 is 31.1 Å². The Morgan fingerprint density at radius 1 is 0.912 bits per heavy atom. The number of ether oxygens (including phenoxy) is 1. The zero-order chi connectivity index (χ0) is 23.5. The molecule has 1 aliphatic rings. The number of aromatic nitrogens is 4. The lowest BCUT2D eigenvalue weighted by atomic mass is 10.1. The lowest BCUT2D eigenvalue weighted by Crippen LogP contribution is -2.33. The van der Waals surface area contributed by atoms with E-state index in [2.05, 4.69) is 32.1 Å². The Balaban J connectivity index is 1.29. The topological polar surface area (TPSA) is 126 Å². The van der Waals surface area contributed by atoms with Crippen molar-refractivity contribution >= 4 is 17.0 Å². The maximum absolute atomic E-state index is 10.3. The Kier molecular flexibility index (Phi) is 6.20. The summed E-state index contributed by atoms with van der Waals surface area (Å²) in [5, 5.41) is 33.0. The van der Waals surface area contributed by atoms with Crippen molar-refractivity contribution in [2.45, 2.75) is 31.1 Å². The molecule has 0 aliphatic carbocycles. The van der Waals surface area contributed by atoms with Crippen molar-refractivity contribution in [3.8, 4) is 11.8 Å². The molecule has 1 aliphatic heterocycles. The lowest BCUT2D eigenvalue weighted by molar-refractivity contribution is -0.0511. The standard InChI is InChI=1S/C25H23N5O4/c31-13-19-21(32)22(33)25(34-19)30-15-29-20-23(27-14-28-24(20)30)26-12-18-10-8-17(9-11-18)7-6-16-4-2-1-3-5-16/h1-5,8-11,14-15,19,21-22,25,31-33H,12-13H2,(H,26,27,28)/t19-,21-,22-,25-/m1/s1. The SMILES string of the molecule is OC[C@H]1O[C@@H](n2cnc3c(NCc4ccc(C#Cc5ccccc5)cc4)ncnc32)[C@H](O)[C@@H]1O. The number of nitrogens with one attached hydrogen (secondary N) is 1. The van der Waals surface area contributed by atoms with Crippen molar-refractivity contribution in [3.05, 3.63) is 83.9 Å². The highest BCUT2D eigenvalue weighted by atomic mass is 16.6. The summed E-state index contributed by atoms with van der Waals surface area (Å²) in [6, 6.07) is 17.8. The van der Waals surface area contributed by atoms with Crippen LogP contribution < -0.4 is 5.32 Å². The Morgan fingerprint density at radius 3 is 2.35 bits per heavy atom. The molecule has 9 nitrogen and oxygen atoms in total. The zero-order valence-electron chi connectivity index (χ0n) is 18.1. The van der Waals surface area contributed by atoms with Crippen LogP contribution in [0.1, 0.15) is 22.9 Å². The van der Waals surface area contributed by atoms with Gasteiger partial charge in [0.1, 0.15) is 24.6 Å². The highest BCUT2D eigenvalue weighted by molar-refractivity contribution is 5.82. The summed E-state index contributed by atoms with van der Waals surface area (Å²) in [4.78, 5) is 12.9. The summed E-state index contributed by atoms with van der Waals surface area (Å²) in [6.45, 7) is 0.110. The van der Waals surface area contributed by atoms with Crippen molar-refractivity contribution in [3.63, 3.8) is 0 Å². The van der Waals surface area contributed by atoms with Crippen molar-refractivity contribution in [2.75, 3.05) is 11.9 Å². The molecule has 1 saturated heterocycles. The van der Waals surface area contributed by atoms with Crippen LogP contribution in [0.2, 0.25) is 0 Å². The highest BCUT2D eigenvalue weighted by Crippen LogP contribution is 2.32. The lowest BCUT2D eigenvalue weighted by Gasteiger charge is -2.16. The summed E-state index contributed by atoms with van der Waals surface area (Å²) in [5.41, 5.74) is 3.89. The number of anilines is 1. The third kappa shape index (κ3) is 4.35. The van der Waals surface area contributed by atoms with Gasteiger partial charge in [0.25, 0.3) is 0 Å². The van der Waals surface area contributed by atoms with Gasteiger partial charge in [0.2, 0.25) is 0 Å². The molecular weight excluding hydrogens is 434 g/mol. The molecule has 2 aromatic heterocycles. The summed E-state index contributed by atoms with van der Waals surface area (Å²) in [5.74, 6) is 6.84. The number of benzene rings is 2. The maximum Gasteiger partial charge on any atom is 0.167 e. The predicted molar refractivity (Wildman–Crippen MR) is 125 cm³/mol. The predicted octanol–water partition coefficient (Wildman–Crippen LogP) is 1.45. The zero-order valence-corrected chi connectivity index (χ0v) is 18.1. The first-order chi connectivity index (χ1) is 16.6. The van der Waals surface area contributed by atoms with E-state index in [1.165, 1.54) is 17.2 Å². The number of imidazole rings is 1. The van der Waals surface area contributed by atoms with Gasteiger partial charge in [0.15, 0.2) is 23.2 Å². The van der Waals surface area contributed by atoms with E-state index in [1.807, 2.05) is 54.6 Å². The Hall–Kier alpha value is -3.81. The van der Waals surface area contributed by atoms with Crippen LogP contribution in [0.5, 0.6) is 0 Å². The quantitative estimate of drug-likeness (QED) is 0.332. The van der Waals surface area contributed by atoms with Gasteiger partial charge in [0, 0.05) is 17.7 Å². The van der Waals surface area contributed by atoms with E-state index in [0.29, 0.717) is 23.5 Å². The van der Waals surface area contributed by atoms with E-state index in [0.717, 1.165) is 16.7 Å². The second-order valence-electron chi connectivity index (χ2n) is 7.94. The highest BCUT2D eigenvalue weighted by Gasteiger charge is 2.44. The molecule has 3 heterocycles. The van der Waals surface area contributed by atoms with Gasteiger partial charge in [-0.3, -0.25) is 4.57 Å². The summed E-state index contributed by atoms with van der Waals surface area (Å²) < 4.78 is 7.13. The maximum atomic E-state index is 10.3. The van der Waals surface area contributed by atoms with Crippen molar-refractivity contribution < 1.29 is 20.1 Å². The molecule has 0 unspecified atom stereocenters. The smallest absolute Gasteiger partial charge is 0.167 e. The van der Waals surface area contributed by atoms with Crippen LogP contribution >= 0.6 is 0 Å². The van der Waals surface area contributed by atoms with Gasteiger partial charge in [-0.25, -0.2) is 15.0 Å². The number of hydrogen-bond acceptors (Lipinski definition) is 8. The molecule has 4 atom stereocenters. The molecule has 4 aromatic rings. The number of fused-ring (bicyclic) bond motifs is 1. The van der Waals surface area contributed by atoms with E-state index in [-0.39, 0.29) is 0 Å². The van der Waals surface area contributed by atoms with Gasteiger partial charge < -0.3 is 25.4 Å². The molecule has 9 heteroatoms. The minimum Gasteiger partial charge on any atom is -0.394 e. The first-order valence-electron chi connectivity index (χ1n) is 10.8. The second kappa shape index (κ2) is 9.59. The fourth-order valence-electron chi connectivity index (χ4n) is 3.83. The van der Waals surface area contributed by atoms with E-state index >= 15 is 0 Å². The molecule has 0 radical (unpaired) electrons.